The van der Waals surface area contributed by atoms with E-state index in [1.54, 1.807) is 30.3 Å². The zero-order valence-corrected chi connectivity index (χ0v) is 20.4. The van der Waals surface area contributed by atoms with Crippen LogP contribution in [0.5, 0.6) is 0 Å². The molecule has 0 aliphatic rings. The van der Waals surface area contributed by atoms with E-state index in [0.717, 1.165) is 39.2 Å². The van der Waals surface area contributed by atoms with Crippen molar-refractivity contribution in [2.75, 3.05) is 5.32 Å². The molecule has 4 aromatic rings. The number of aromatic carboxylic acids is 1. The molecule has 0 spiro atoms. The summed E-state index contributed by atoms with van der Waals surface area (Å²) in [6.45, 7) is -0.0259. The highest BCUT2D eigenvalue weighted by Gasteiger charge is 2.23. The lowest BCUT2D eigenvalue weighted by Gasteiger charge is -2.15. The van der Waals surface area contributed by atoms with Gasteiger partial charge in [-0.1, -0.05) is 78.9 Å². The van der Waals surface area contributed by atoms with E-state index in [1.807, 2.05) is 54.6 Å². The minimum atomic E-state index is -1.20. The number of thiophene rings is 1. The van der Waals surface area contributed by atoms with E-state index in [0.29, 0.717) is 4.88 Å². The molecule has 1 atom stereocenters. The van der Waals surface area contributed by atoms with Gasteiger partial charge in [0.25, 0.3) is 0 Å². The summed E-state index contributed by atoms with van der Waals surface area (Å²) in [6.07, 6.45) is 0.0827. The maximum absolute atomic E-state index is 12.6. The van der Waals surface area contributed by atoms with Crippen molar-refractivity contribution >= 4 is 35.0 Å². The van der Waals surface area contributed by atoms with Gasteiger partial charge in [-0.2, -0.15) is 0 Å². The lowest BCUT2D eigenvalue weighted by molar-refractivity contribution is -0.139. The number of benzene rings is 3. The van der Waals surface area contributed by atoms with Gasteiger partial charge in [-0.3, -0.25) is 0 Å². The molecule has 9 heteroatoms. The Morgan fingerprint density at radius 1 is 0.784 bits per heavy atom. The first kappa shape index (κ1) is 25.6. The van der Waals surface area contributed by atoms with Crippen LogP contribution in [0.15, 0.2) is 84.9 Å². The maximum atomic E-state index is 12.6. The Bertz CT molecular complexity index is 1400. The number of carboxylic acids is 2. The predicted octanol–water partition coefficient (Wildman–Crippen LogP) is 5.09. The van der Waals surface area contributed by atoms with Crippen LogP contribution in [0.2, 0.25) is 0 Å². The number of hydrogen-bond acceptors (Lipinski definition) is 5. The van der Waals surface area contributed by atoms with E-state index < -0.39 is 24.0 Å². The lowest BCUT2D eigenvalue weighted by Crippen LogP contribution is -2.44. The number of carbonyl (C=O) groups excluding carboxylic acids is 1. The highest BCUT2D eigenvalue weighted by Crippen LogP contribution is 2.36. The average molecular weight is 517 g/mol. The standard InChI is InChI=1S/C28H24N2O6S/c31-16-18-6-8-19(9-7-18)20-10-12-21(13-11-20)24-15-22(25(37-24)27(34)35)29-28(36)30-23(26(32)33)14-17-4-2-1-3-5-17/h1-13,15,23,31H,14,16H2,(H,32,33)(H,34,35)(H2,29,30,36)/t23-/m0/s1. The SMILES string of the molecule is O=C(Nc1cc(-c2ccc(-c3ccc(CO)cc3)cc2)sc1C(=O)O)N[C@@H](Cc1ccccc1)C(=O)O. The van der Waals surface area contributed by atoms with Crippen LogP contribution in [0.1, 0.15) is 20.8 Å². The van der Waals surface area contributed by atoms with Gasteiger partial charge in [-0.15, -0.1) is 11.3 Å². The molecular formula is C28H24N2O6S. The van der Waals surface area contributed by atoms with Gasteiger partial charge in [0.2, 0.25) is 0 Å². The molecule has 0 unspecified atom stereocenters. The molecular weight excluding hydrogens is 492 g/mol. The number of carboxylic acid groups (broad SMARTS) is 2. The number of hydrogen-bond donors (Lipinski definition) is 5. The van der Waals surface area contributed by atoms with Crippen molar-refractivity contribution in [1.29, 1.82) is 0 Å². The van der Waals surface area contributed by atoms with E-state index in [1.165, 1.54) is 0 Å². The van der Waals surface area contributed by atoms with Crippen LogP contribution >= 0.6 is 11.3 Å². The zero-order valence-electron chi connectivity index (χ0n) is 19.5. The van der Waals surface area contributed by atoms with Crippen LogP contribution in [0, 0.1) is 0 Å². The molecule has 188 valence electrons. The largest absolute Gasteiger partial charge is 0.480 e. The van der Waals surface area contributed by atoms with E-state index in [2.05, 4.69) is 10.6 Å². The third-order valence-electron chi connectivity index (χ3n) is 5.70. The molecule has 0 saturated heterocycles. The summed E-state index contributed by atoms with van der Waals surface area (Å²) in [6, 6.07) is 23.5. The van der Waals surface area contributed by atoms with Gasteiger partial charge in [0.15, 0.2) is 0 Å². The first-order chi connectivity index (χ1) is 17.8. The molecule has 1 heterocycles. The number of amides is 2. The Hall–Kier alpha value is -4.47. The second-order valence-corrected chi connectivity index (χ2v) is 9.32. The van der Waals surface area contributed by atoms with Crippen molar-refractivity contribution < 1.29 is 29.7 Å². The molecule has 0 aliphatic carbocycles. The molecule has 2 amide bonds. The number of rotatable bonds is 9. The van der Waals surface area contributed by atoms with Crippen LogP contribution in [0.25, 0.3) is 21.6 Å². The van der Waals surface area contributed by atoms with E-state index >= 15 is 0 Å². The van der Waals surface area contributed by atoms with Crippen LogP contribution in [0.4, 0.5) is 10.5 Å². The van der Waals surface area contributed by atoms with E-state index in [9.17, 15) is 29.7 Å². The monoisotopic (exact) mass is 516 g/mol. The van der Waals surface area contributed by atoms with Crippen LogP contribution in [-0.4, -0.2) is 39.3 Å². The molecule has 8 nitrogen and oxygen atoms in total. The molecule has 1 aromatic heterocycles. The number of urea groups is 1. The molecule has 0 radical (unpaired) electrons. The Labute approximate surface area is 216 Å². The normalized spacial score (nSPS) is 11.5. The quantitative estimate of drug-likeness (QED) is 0.210. The smallest absolute Gasteiger partial charge is 0.348 e. The predicted molar refractivity (Wildman–Crippen MR) is 142 cm³/mol. The minimum absolute atomic E-state index is 0.0259. The summed E-state index contributed by atoms with van der Waals surface area (Å²) in [5.41, 5.74) is 4.34. The Kier molecular flexibility index (Phi) is 7.97. The van der Waals surface area contributed by atoms with Crippen molar-refractivity contribution in [3.8, 4) is 21.6 Å². The van der Waals surface area contributed by atoms with Crippen molar-refractivity contribution in [3.63, 3.8) is 0 Å². The number of carbonyl (C=O) groups is 3. The first-order valence-electron chi connectivity index (χ1n) is 11.4. The second kappa shape index (κ2) is 11.5. The molecule has 3 aromatic carbocycles. The van der Waals surface area contributed by atoms with Gasteiger partial charge in [-0.05, 0) is 33.9 Å². The number of nitrogens with one attached hydrogen (secondary N) is 2. The second-order valence-electron chi connectivity index (χ2n) is 8.27. The maximum Gasteiger partial charge on any atom is 0.348 e. The molecule has 0 saturated carbocycles. The topological polar surface area (TPSA) is 136 Å². The number of aliphatic carboxylic acids is 1. The van der Waals surface area contributed by atoms with Crippen molar-refractivity contribution in [2.24, 2.45) is 0 Å². The average Bonchev–Trinajstić information content (AvgIpc) is 3.33. The molecule has 5 N–H and O–H groups in total. The van der Waals surface area contributed by atoms with Gasteiger partial charge in [-0.25, -0.2) is 14.4 Å². The lowest BCUT2D eigenvalue weighted by atomic mass is 10.0. The van der Waals surface area contributed by atoms with Gasteiger partial charge < -0.3 is 26.0 Å². The minimum Gasteiger partial charge on any atom is -0.480 e. The summed E-state index contributed by atoms with van der Waals surface area (Å²) < 4.78 is 0. The van der Waals surface area contributed by atoms with Gasteiger partial charge in [0, 0.05) is 11.3 Å². The highest BCUT2D eigenvalue weighted by molar-refractivity contribution is 7.18. The molecule has 0 aliphatic heterocycles. The summed E-state index contributed by atoms with van der Waals surface area (Å²) in [5.74, 6) is -2.40. The van der Waals surface area contributed by atoms with Crippen molar-refractivity contribution in [3.05, 3.63) is 101 Å². The van der Waals surface area contributed by atoms with E-state index in [4.69, 9.17) is 0 Å². The summed E-state index contributed by atoms with van der Waals surface area (Å²) in [5, 5.41) is 33.3. The fourth-order valence-corrected chi connectivity index (χ4v) is 4.74. The number of aliphatic hydroxyl groups excluding tert-OH is 1. The molecule has 0 fully saturated rings. The molecule has 4 rings (SSSR count). The Morgan fingerprint density at radius 3 is 1.95 bits per heavy atom. The summed E-state index contributed by atoms with van der Waals surface area (Å²) in [7, 11) is 0. The fourth-order valence-electron chi connectivity index (χ4n) is 3.78. The molecule has 0 bridgehead atoms. The summed E-state index contributed by atoms with van der Waals surface area (Å²) >= 11 is 1.01. The number of anilines is 1. The van der Waals surface area contributed by atoms with Gasteiger partial charge in [0.05, 0.1) is 12.3 Å². The highest BCUT2D eigenvalue weighted by atomic mass is 32.1. The number of aliphatic hydroxyl groups is 1. The van der Waals surface area contributed by atoms with Crippen LogP contribution in [-0.2, 0) is 17.8 Å². The Balaban J connectivity index is 1.50. The third kappa shape index (κ3) is 6.40. The first-order valence-corrected chi connectivity index (χ1v) is 12.2. The van der Waals surface area contributed by atoms with Crippen molar-refractivity contribution in [1.82, 2.24) is 5.32 Å². The third-order valence-corrected chi connectivity index (χ3v) is 6.87. The Morgan fingerprint density at radius 2 is 1.38 bits per heavy atom. The van der Waals surface area contributed by atoms with Gasteiger partial charge in [0.1, 0.15) is 10.9 Å². The van der Waals surface area contributed by atoms with E-state index in [-0.39, 0.29) is 23.6 Å². The zero-order chi connectivity index (χ0) is 26.4. The molecule has 37 heavy (non-hydrogen) atoms. The van der Waals surface area contributed by atoms with Crippen molar-refractivity contribution in [2.45, 2.75) is 19.1 Å². The summed E-state index contributed by atoms with van der Waals surface area (Å²) in [4.78, 5) is 36.7. The van der Waals surface area contributed by atoms with Crippen LogP contribution in [0.3, 0.4) is 0 Å². The fraction of sp³-hybridized carbons (Fsp3) is 0.107. The van der Waals surface area contributed by atoms with Gasteiger partial charge >= 0.3 is 18.0 Å². The van der Waals surface area contributed by atoms with Crippen LogP contribution < -0.4 is 10.6 Å².